The van der Waals surface area contributed by atoms with Gasteiger partial charge in [0.15, 0.2) is 12.2 Å². The second-order valence-corrected chi connectivity index (χ2v) is 8.23. The van der Waals surface area contributed by atoms with Crippen molar-refractivity contribution < 1.29 is 36.9 Å². The summed E-state index contributed by atoms with van der Waals surface area (Å²) in [6.45, 7) is 1.16. The first-order valence-electron chi connectivity index (χ1n) is 10.0. The van der Waals surface area contributed by atoms with E-state index in [0.29, 0.717) is 5.56 Å². The van der Waals surface area contributed by atoms with E-state index < -0.39 is 42.0 Å². The van der Waals surface area contributed by atoms with Gasteiger partial charge in [-0.3, -0.25) is 4.79 Å². The van der Waals surface area contributed by atoms with Crippen molar-refractivity contribution in [3.63, 3.8) is 0 Å². The second kappa shape index (κ2) is 11.2. The molecule has 0 aromatic heterocycles. The maximum atomic E-state index is 13.9. The quantitative estimate of drug-likeness (QED) is 0.520. The van der Waals surface area contributed by atoms with Crippen molar-refractivity contribution in [2.24, 2.45) is 0 Å². The molecule has 1 aliphatic heterocycles. The number of hydrogen-bond acceptors (Lipinski definition) is 6. The van der Waals surface area contributed by atoms with Crippen molar-refractivity contribution in [3.05, 3.63) is 71.8 Å². The summed E-state index contributed by atoms with van der Waals surface area (Å²) in [5.74, 6) is -0.723. The Balaban J connectivity index is 1.88. The Labute approximate surface area is 189 Å². The molecule has 0 spiro atoms. The maximum Gasteiger partial charge on any atom is 0.417 e. The van der Waals surface area contributed by atoms with Gasteiger partial charge in [-0.15, -0.1) is 11.8 Å². The van der Waals surface area contributed by atoms with Gasteiger partial charge in [-0.2, -0.15) is 13.2 Å². The molecule has 0 bridgehead atoms. The first-order valence-corrected chi connectivity index (χ1v) is 11.3. The predicted molar refractivity (Wildman–Crippen MR) is 114 cm³/mol. The molecule has 2 aromatic rings. The summed E-state index contributed by atoms with van der Waals surface area (Å²) in [5, 5.41) is 0. The topological polar surface area (TPSA) is 54.0 Å². The van der Waals surface area contributed by atoms with E-state index in [2.05, 4.69) is 0 Å². The fourth-order valence-electron chi connectivity index (χ4n) is 3.48. The number of hydrogen-bond donors (Lipinski definition) is 0. The third-order valence-corrected chi connectivity index (χ3v) is 5.77. The van der Waals surface area contributed by atoms with E-state index in [1.165, 1.54) is 0 Å². The van der Waals surface area contributed by atoms with Gasteiger partial charge in [0.25, 0.3) is 0 Å². The highest BCUT2D eigenvalue weighted by atomic mass is 32.2. The van der Waals surface area contributed by atoms with Crippen molar-refractivity contribution in [1.82, 2.24) is 0 Å². The molecule has 0 N–H and O–H groups in total. The Hall–Kier alpha value is -2.07. The molecule has 5 atom stereocenters. The standard InChI is InChI=1S/C23H25F3O5S/c1-15(27)30-18-19(28-13-16-9-5-3-6-10-16)21(23(24,25)26)31-22(32-2)20(18)29-14-17-11-7-4-8-12-17/h3-12,18-22H,13-14H2,1-2H3/t18-,19+,20+,21-,22+/m1/s1. The zero-order valence-corrected chi connectivity index (χ0v) is 18.5. The smallest absolute Gasteiger partial charge is 0.417 e. The summed E-state index contributed by atoms with van der Waals surface area (Å²) in [6, 6.07) is 18.0. The van der Waals surface area contributed by atoms with E-state index in [9.17, 15) is 18.0 Å². The number of thioether (sulfide) groups is 1. The number of alkyl halides is 3. The molecule has 0 radical (unpaired) electrons. The Kier molecular flexibility index (Phi) is 8.58. The van der Waals surface area contributed by atoms with Gasteiger partial charge in [-0.05, 0) is 17.4 Å². The van der Waals surface area contributed by atoms with Gasteiger partial charge in [0.05, 0.1) is 13.2 Å². The fourth-order valence-corrected chi connectivity index (χ4v) is 4.21. The van der Waals surface area contributed by atoms with Gasteiger partial charge >= 0.3 is 12.1 Å². The minimum atomic E-state index is -4.72. The molecular formula is C23H25F3O5S. The van der Waals surface area contributed by atoms with Crippen LogP contribution in [0.5, 0.6) is 0 Å². The summed E-state index contributed by atoms with van der Waals surface area (Å²) < 4.78 is 64.2. The zero-order valence-electron chi connectivity index (χ0n) is 17.7. The second-order valence-electron chi connectivity index (χ2n) is 7.30. The average Bonchev–Trinajstić information content (AvgIpc) is 2.77. The average molecular weight is 471 g/mol. The van der Waals surface area contributed by atoms with Crippen LogP contribution in [0.3, 0.4) is 0 Å². The Morgan fingerprint density at radius 3 is 1.84 bits per heavy atom. The fraction of sp³-hybridized carbons (Fsp3) is 0.435. The van der Waals surface area contributed by atoms with E-state index in [-0.39, 0.29) is 13.2 Å². The van der Waals surface area contributed by atoms with Gasteiger partial charge in [0.2, 0.25) is 0 Å². The van der Waals surface area contributed by atoms with Crippen LogP contribution in [0.2, 0.25) is 0 Å². The van der Waals surface area contributed by atoms with Crippen molar-refractivity contribution in [3.8, 4) is 0 Å². The number of halogens is 3. The van der Waals surface area contributed by atoms with Crippen molar-refractivity contribution in [2.75, 3.05) is 6.26 Å². The van der Waals surface area contributed by atoms with Crippen LogP contribution in [-0.4, -0.2) is 48.3 Å². The number of ether oxygens (including phenoxy) is 4. The molecule has 1 aliphatic rings. The van der Waals surface area contributed by atoms with Crippen LogP contribution < -0.4 is 0 Å². The number of carbonyl (C=O) groups excluding carboxylic acids is 1. The summed E-state index contributed by atoms with van der Waals surface area (Å²) in [6.07, 6.45) is -9.25. The van der Waals surface area contributed by atoms with Gasteiger partial charge in [0, 0.05) is 6.92 Å². The number of carbonyl (C=O) groups is 1. The van der Waals surface area contributed by atoms with E-state index in [1.54, 1.807) is 36.6 Å². The molecule has 3 rings (SSSR count). The molecule has 0 unspecified atom stereocenters. The molecule has 9 heteroatoms. The normalized spacial score (nSPS) is 26.0. The molecule has 5 nitrogen and oxygen atoms in total. The summed E-state index contributed by atoms with van der Waals surface area (Å²) in [7, 11) is 0. The lowest BCUT2D eigenvalue weighted by molar-refractivity contribution is -0.312. The van der Waals surface area contributed by atoms with Crippen molar-refractivity contribution >= 4 is 17.7 Å². The van der Waals surface area contributed by atoms with Gasteiger partial charge < -0.3 is 18.9 Å². The zero-order chi connectivity index (χ0) is 23.1. The van der Waals surface area contributed by atoms with E-state index in [1.807, 2.05) is 30.3 Å². The Morgan fingerprint density at radius 1 is 0.906 bits per heavy atom. The molecule has 0 amide bonds. The van der Waals surface area contributed by atoms with Crippen LogP contribution in [0.4, 0.5) is 13.2 Å². The lowest BCUT2D eigenvalue weighted by atomic mass is 9.98. The first-order chi connectivity index (χ1) is 15.3. The highest BCUT2D eigenvalue weighted by molar-refractivity contribution is 7.99. The van der Waals surface area contributed by atoms with Crippen LogP contribution in [0, 0.1) is 0 Å². The van der Waals surface area contributed by atoms with Crippen LogP contribution in [0.25, 0.3) is 0 Å². The molecule has 174 valence electrons. The highest BCUT2D eigenvalue weighted by Gasteiger charge is 2.58. The van der Waals surface area contributed by atoms with Gasteiger partial charge in [-0.1, -0.05) is 60.7 Å². The molecule has 2 aromatic carbocycles. The highest BCUT2D eigenvalue weighted by Crippen LogP contribution is 2.40. The van der Waals surface area contributed by atoms with Crippen LogP contribution in [0.15, 0.2) is 60.7 Å². The molecule has 0 saturated carbocycles. The Morgan fingerprint density at radius 2 is 1.41 bits per heavy atom. The minimum absolute atomic E-state index is 0.103. The summed E-state index contributed by atoms with van der Waals surface area (Å²) >= 11 is 1.06. The van der Waals surface area contributed by atoms with Gasteiger partial charge in [0.1, 0.15) is 17.6 Å². The molecule has 1 heterocycles. The Bertz CT molecular complexity index is 850. The number of esters is 1. The van der Waals surface area contributed by atoms with E-state index in [0.717, 1.165) is 24.2 Å². The van der Waals surface area contributed by atoms with E-state index in [4.69, 9.17) is 18.9 Å². The van der Waals surface area contributed by atoms with Crippen LogP contribution in [-0.2, 0) is 37.0 Å². The third kappa shape index (κ3) is 6.48. The molecule has 1 fully saturated rings. The number of rotatable bonds is 8. The van der Waals surface area contributed by atoms with Gasteiger partial charge in [-0.25, -0.2) is 0 Å². The summed E-state index contributed by atoms with van der Waals surface area (Å²) in [5.41, 5.74) is 0.503. The lowest BCUT2D eigenvalue weighted by Gasteiger charge is -2.45. The van der Waals surface area contributed by atoms with E-state index >= 15 is 0 Å². The first kappa shape index (κ1) is 24.6. The molecular weight excluding hydrogens is 445 g/mol. The minimum Gasteiger partial charge on any atom is -0.457 e. The lowest BCUT2D eigenvalue weighted by Crippen LogP contribution is -2.63. The number of benzene rings is 2. The molecule has 1 saturated heterocycles. The van der Waals surface area contributed by atoms with Crippen LogP contribution >= 0.6 is 11.8 Å². The SMILES string of the molecule is CS[C@@H]1O[C@@H](C(F)(F)F)[C@@H](OCc2ccccc2)[C@@H](OC(C)=O)[C@@H]1OCc1ccccc1. The molecule has 32 heavy (non-hydrogen) atoms. The monoisotopic (exact) mass is 470 g/mol. The maximum absolute atomic E-state index is 13.9. The van der Waals surface area contributed by atoms with Crippen molar-refractivity contribution in [1.29, 1.82) is 0 Å². The molecule has 0 aliphatic carbocycles. The summed E-state index contributed by atoms with van der Waals surface area (Å²) in [4.78, 5) is 11.8. The van der Waals surface area contributed by atoms with Crippen LogP contribution in [0.1, 0.15) is 18.1 Å². The predicted octanol–water partition coefficient (Wildman–Crippen LogP) is 4.74. The largest absolute Gasteiger partial charge is 0.457 e. The van der Waals surface area contributed by atoms with Crippen molar-refractivity contribution in [2.45, 2.75) is 56.2 Å². The third-order valence-electron chi connectivity index (χ3n) is 4.92.